The van der Waals surface area contributed by atoms with Crippen LogP contribution in [0.1, 0.15) is 77.9 Å². The molecule has 3 aromatic rings. The molecule has 12 heteroatoms. The third-order valence-electron chi connectivity index (χ3n) is 9.85. The Bertz CT molecular complexity index is 1690. The Morgan fingerprint density at radius 1 is 0.978 bits per heavy atom. The Balaban J connectivity index is 1.28. The standard InChI is InChI=1S/C34H37N3O9/c1-17-18(2)32(45-20(4)38)34(44-19(17)3)46-28-14-24-21(11-25(28)41-5)29-30(37(33(24)40)9-6-8-36-10-7-35-15-36)22-12-26-27(43-16-42-26)13-23(22)31(29)39/h7,10-15,17-19,29-30,32,34H,6,8-9,16H2,1-5H3/t17-,18+,19-,29?,30?,32-,34-/m0/s1. The van der Waals surface area contributed by atoms with Crippen molar-refractivity contribution in [2.45, 2.75) is 71.1 Å². The normalized spacial score (nSPS) is 27.6. The number of carbonyl (C=O) groups is 3. The number of esters is 1. The van der Waals surface area contributed by atoms with Crippen molar-refractivity contribution < 1.29 is 42.8 Å². The molecule has 2 aromatic carbocycles. The predicted molar refractivity (Wildman–Crippen MR) is 162 cm³/mol. The fourth-order valence-electron chi connectivity index (χ4n) is 7.16. The predicted octanol–water partition coefficient (Wildman–Crippen LogP) is 4.52. The second-order valence-corrected chi connectivity index (χ2v) is 12.4. The van der Waals surface area contributed by atoms with Crippen molar-refractivity contribution >= 4 is 17.7 Å². The summed E-state index contributed by atoms with van der Waals surface area (Å²) >= 11 is 0. The van der Waals surface area contributed by atoms with Crippen molar-refractivity contribution in [1.29, 1.82) is 0 Å². The summed E-state index contributed by atoms with van der Waals surface area (Å²) in [7, 11) is 1.50. The molecule has 0 saturated carbocycles. The summed E-state index contributed by atoms with van der Waals surface area (Å²) in [6.07, 6.45) is 4.18. The van der Waals surface area contributed by atoms with E-state index in [4.69, 9.17) is 28.4 Å². The number of nitrogens with zero attached hydrogens (tertiary/aromatic N) is 3. The topological polar surface area (TPSA) is 128 Å². The smallest absolute Gasteiger partial charge is 0.303 e. The number of ketones is 1. The Kier molecular flexibility index (Phi) is 7.62. The Morgan fingerprint density at radius 3 is 2.48 bits per heavy atom. The van der Waals surface area contributed by atoms with E-state index in [1.807, 2.05) is 37.6 Å². The van der Waals surface area contributed by atoms with Gasteiger partial charge in [0.25, 0.3) is 5.91 Å². The van der Waals surface area contributed by atoms with E-state index in [9.17, 15) is 14.4 Å². The summed E-state index contributed by atoms with van der Waals surface area (Å²) in [5, 5.41) is 0. The summed E-state index contributed by atoms with van der Waals surface area (Å²) in [6, 6.07) is 6.36. The lowest BCUT2D eigenvalue weighted by atomic mass is 9.82. The van der Waals surface area contributed by atoms with Crippen LogP contribution < -0.4 is 18.9 Å². The third kappa shape index (κ3) is 4.95. The molecule has 1 saturated heterocycles. The van der Waals surface area contributed by atoms with Gasteiger partial charge in [0.1, 0.15) is 0 Å². The first-order chi connectivity index (χ1) is 22.2. The first-order valence-corrected chi connectivity index (χ1v) is 15.6. The van der Waals surface area contributed by atoms with Crippen LogP contribution in [-0.2, 0) is 20.8 Å². The second kappa shape index (κ2) is 11.7. The van der Waals surface area contributed by atoms with E-state index >= 15 is 0 Å². The van der Waals surface area contributed by atoms with E-state index in [0.29, 0.717) is 53.4 Å². The highest BCUT2D eigenvalue weighted by molar-refractivity contribution is 6.11. The molecule has 1 amide bonds. The quantitative estimate of drug-likeness (QED) is 0.328. The lowest BCUT2D eigenvalue weighted by molar-refractivity contribution is -0.243. The number of amides is 1. The van der Waals surface area contributed by atoms with Crippen LogP contribution in [0.2, 0.25) is 0 Å². The van der Waals surface area contributed by atoms with Crippen LogP contribution in [0.15, 0.2) is 43.0 Å². The summed E-state index contributed by atoms with van der Waals surface area (Å²) in [5.41, 5.74) is 2.15. The maximum atomic E-state index is 14.4. The minimum atomic E-state index is -0.936. The minimum absolute atomic E-state index is 0.0566. The highest BCUT2D eigenvalue weighted by atomic mass is 16.7. The molecule has 2 unspecified atom stereocenters. The van der Waals surface area contributed by atoms with Crippen LogP contribution in [0.4, 0.5) is 0 Å². The monoisotopic (exact) mass is 631 g/mol. The van der Waals surface area contributed by atoms with E-state index in [-0.39, 0.29) is 42.2 Å². The molecule has 0 N–H and O–H groups in total. The molecule has 12 nitrogen and oxygen atoms in total. The van der Waals surface area contributed by atoms with Gasteiger partial charge in [-0.2, -0.15) is 0 Å². The fourth-order valence-corrected chi connectivity index (χ4v) is 7.16. The fraction of sp³-hybridized carbons (Fsp3) is 0.471. The van der Waals surface area contributed by atoms with Crippen LogP contribution in [0.25, 0.3) is 0 Å². The first-order valence-electron chi connectivity index (χ1n) is 15.6. The molecule has 4 heterocycles. The van der Waals surface area contributed by atoms with Gasteiger partial charge >= 0.3 is 5.97 Å². The van der Waals surface area contributed by atoms with Gasteiger partial charge in [-0.05, 0) is 54.7 Å². The van der Waals surface area contributed by atoms with Crippen LogP contribution in [0, 0.1) is 11.8 Å². The molecular weight excluding hydrogens is 594 g/mol. The van der Waals surface area contributed by atoms with Crippen LogP contribution in [0.3, 0.4) is 0 Å². The molecule has 7 rings (SSSR count). The van der Waals surface area contributed by atoms with Crippen LogP contribution >= 0.6 is 0 Å². The summed E-state index contributed by atoms with van der Waals surface area (Å²) in [4.78, 5) is 46.5. The molecule has 1 fully saturated rings. The van der Waals surface area contributed by atoms with E-state index < -0.39 is 30.3 Å². The van der Waals surface area contributed by atoms with Gasteiger partial charge in [0.05, 0.1) is 31.5 Å². The Labute approximate surface area is 266 Å². The molecule has 0 bridgehead atoms. The molecule has 4 aliphatic rings. The van der Waals surface area contributed by atoms with Crippen molar-refractivity contribution in [3.63, 3.8) is 0 Å². The van der Waals surface area contributed by atoms with Crippen molar-refractivity contribution in [3.05, 3.63) is 65.2 Å². The average molecular weight is 632 g/mol. The number of hydrogen-bond donors (Lipinski definition) is 0. The number of aryl methyl sites for hydroxylation is 1. The summed E-state index contributed by atoms with van der Waals surface area (Å²) in [6.45, 7) is 8.47. The van der Waals surface area contributed by atoms with Gasteiger partial charge in [-0.3, -0.25) is 14.4 Å². The molecule has 0 radical (unpaired) electrons. The van der Waals surface area contributed by atoms with Gasteiger partial charge in [0.2, 0.25) is 13.1 Å². The zero-order valence-corrected chi connectivity index (χ0v) is 26.4. The zero-order valence-electron chi connectivity index (χ0n) is 26.4. The van der Waals surface area contributed by atoms with E-state index in [1.165, 1.54) is 14.0 Å². The molecule has 1 aliphatic carbocycles. The number of aromatic nitrogens is 2. The largest absolute Gasteiger partial charge is 0.493 e. The SMILES string of the molecule is COc1cc2c(cc1O[C@@H]1O[C@@H](C)[C@@H](C)[C@@H](C)[C@@H]1OC(C)=O)C(=O)N(CCCn1ccnc1)C1c3cc4c(cc3C(=O)C21)OCO4. The maximum Gasteiger partial charge on any atom is 0.303 e. The molecular formula is C34H37N3O9. The minimum Gasteiger partial charge on any atom is -0.493 e. The van der Waals surface area contributed by atoms with E-state index in [0.717, 1.165) is 5.56 Å². The lowest BCUT2D eigenvalue weighted by Crippen LogP contribution is -2.52. The summed E-state index contributed by atoms with van der Waals surface area (Å²) in [5.74, 6) is 0.260. The Morgan fingerprint density at radius 2 is 1.76 bits per heavy atom. The molecule has 1 aromatic heterocycles. The zero-order chi connectivity index (χ0) is 32.3. The number of ether oxygens (including phenoxy) is 6. The first kappa shape index (κ1) is 30.1. The number of benzene rings is 2. The highest BCUT2D eigenvalue weighted by Gasteiger charge is 2.51. The molecule has 7 atom stereocenters. The van der Waals surface area contributed by atoms with Crippen molar-refractivity contribution in [2.24, 2.45) is 11.8 Å². The van der Waals surface area contributed by atoms with E-state index in [1.54, 1.807) is 35.6 Å². The van der Waals surface area contributed by atoms with Crippen LogP contribution in [-0.4, -0.2) is 71.1 Å². The van der Waals surface area contributed by atoms with Crippen molar-refractivity contribution in [2.75, 3.05) is 20.4 Å². The number of fused-ring (bicyclic) bond motifs is 6. The van der Waals surface area contributed by atoms with Gasteiger partial charge in [0, 0.05) is 49.5 Å². The van der Waals surface area contributed by atoms with Gasteiger partial charge < -0.3 is 37.9 Å². The number of hydrogen-bond acceptors (Lipinski definition) is 10. The number of methoxy groups -OCH3 is 1. The number of carbonyl (C=O) groups excluding carboxylic acids is 3. The van der Waals surface area contributed by atoms with E-state index in [2.05, 4.69) is 4.98 Å². The van der Waals surface area contributed by atoms with Gasteiger partial charge in [-0.1, -0.05) is 13.8 Å². The number of Topliss-reactive ketones (excluding diaryl/α,β-unsaturated/α-hetero) is 1. The van der Waals surface area contributed by atoms with Gasteiger partial charge in [0.15, 0.2) is 34.9 Å². The molecule has 46 heavy (non-hydrogen) atoms. The van der Waals surface area contributed by atoms with Crippen LogP contribution in [0.5, 0.6) is 23.0 Å². The molecule has 242 valence electrons. The van der Waals surface area contributed by atoms with Gasteiger partial charge in [-0.25, -0.2) is 4.98 Å². The molecule has 3 aliphatic heterocycles. The third-order valence-corrected chi connectivity index (χ3v) is 9.85. The number of imidazole rings is 1. The maximum absolute atomic E-state index is 14.4. The molecule has 0 spiro atoms. The second-order valence-electron chi connectivity index (χ2n) is 12.4. The van der Waals surface area contributed by atoms with Gasteiger partial charge in [-0.15, -0.1) is 0 Å². The van der Waals surface area contributed by atoms with Crippen molar-refractivity contribution in [1.82, 2.24) is 14.5 Å². The highest BCUT2D eigenvalue weighted by Crippen LogP contribution is 2.54. The summed E-state index contributed by atoms with van der Waals surface area (Å²) < 4.78 is 37.2. The average Bonchev–Trinajstić information content (AvgIpc) is 3.78. The number of rotatable bonds is 8. The lowest BCUT2D eigenvalue weighted by Gasteiger charge is -2.43. The Hall–Kier alpha value is -4.58. The van der Waals surface area contributed by atoms with Crippen molar-refractivity contribution in [3.8, 4) is 23.0 Å².